The molecule has 9 nitrogen and oxygen atoms in total. The van der Waals surface area contributed by atoms with Crippen LogP contribution in [0.3, 0.4) is 0 Å². The van der Waals surface area contributed by atoms with Crippen LogP contribution < -0.4 is 5.73 Å². The SMILES string of the molecule is COC(=O)c1cc(C(=O)OC)cc(S(=O)(=O)N(CCC(N)=O)Cc2ccccc2)c1. The monoisotopic (exact) mass is 434 g/mol. The Morgan fingerprint density at radius 2 is 1.47 bits per heavy atom. The number of amides is 1. The van der Waals surface area contributed by atoms with Crippen LogP contribution in [0.15, 0.2) is 53.4 Å². The van der Waals surface area contributed by atoms with E-state index in [1.807, 2.05) is 0 Å². The number of primary amides is 1. The van der Waals surface area contributed by atoms with Crippen molar-refractivity contribution in [3.63, 3.8) is 0 Å². The molecule has 160 valence electrons. The number of esters is 2. The molecule has 0 aliphatic carbocycles. The molecule has 0 aliphatic rings. The van der Waals surface area contributed by atoms with E-state index < -0.39 is 27.9 Å². The molecule has 0 radical (unpaired) electrons. The van der Waals surface area contributed by atoms with Gasteiger partial charge in [0.25, 0.3) is 0 Å². The molecular formula is C20H22N2O7S. The minimum atomic E-state index is -4.21. The second kappa shape index (κ2) is 9.99. The number of ether oxygens (including phenoxy) is 2. The number of carbonyl (C=O) groups is 3. The van der Waals surface area contributed by atoms with E-state index in [1.54, 1.807) is 30.3 Å². The molecule has 0 aromatic heterocycles. The molecule has 2 aromatic carbocycles. The quantitative estimate of drug-likeness (QED) is 0.589. The Labute approximate surface area is 174 Å². The molecule has 30 heavy (non-hydrogen) atoms. The summed E-state index contributed by atoms with van der Waals surface area (Å²) in [6, 6.07) is 12.2. The van der Waals surface area contributed by atoms with Crippen LogP contribution in [0.1, 0.15) is 32.7 Å². The Kier molecular flexibility index (Phi) is 7.67. The highest BCUT2D eigenvalue weighted by Gasteiger charge is 2.28. The van der Waals surface area contributed by atoms with E-state index in [2.05, 4.69) is 9.47 Å². The Balaban J connectivity index is 2.55. The molecule has 1 amide bonds. The van der Waals surface area contributed by atoms with Gasteiger partial charge in [0, 0.05) is 19.5 Å². The van der Waals surface area contributed by atoms with Gasteiger partial charge in [0.1, 0.15) is 0 Å². The maximum absolute atomic E-state index is 13.3. The number of sulfonamides is 1. The summed E-state index contributed by atoms with van der Waals surface area (Å²) in [6.45, 7) is -0.213. The maximum Gasteiger partial charge on any atom is 0.337 e. The van der Waals surface area contributed by atoms with Crippen molar-refractivity contribution in [1.29, 1.82) is 0 Å². The van der Waals surface area contributed by atoms with Crippen molar-refractivity contribution in [3.05, 3.63) is 65.2 Å². The third kappa shape index (κ3) is 5.65. The first kappa shape index (κ1) is 23.0. The van der Waals surface area contributed by atoms with E-state index >= 15 is 0 Å². The molecule has 0 fully saturated rings. The van der Waals surface area contributed by atoms with E-state index in [0.717, 1.165) is 30.7 Å². The highest BCUT2D eigenvalue weighted by molar-refractivity contribution is 7.89. The van der Waals surface area contributed by atoms with E-state index in [0.29, 0.717) is 5.56 Å². The van der Waals surface area contributed by atoms with Gasteiger partial charge < -0.3 is 15.2 Å². The van der Waals surface area contributed by atoms with E-state index in [4.69, 9.17) is 5.73 Å². The number of hydrogen-bond donors (Lipinski definition) is 1. The first-order valence-electron chi connectivity index (χ1n) is 8.83. The zero-order chi connectivity index (χ0) is 22.3. The number of methoxy groups -OCH3 is 2. The molecule has 0 spiro atoms. The number of rotatable bonds is 9. The number of nitrogens with two attached hydrogens (primary N) is 1. The lowest BCUT2D eigenvalue weighted by Gasteiger charge is -2.22. The van der Waals surface area contributed by atoms with Gasteiger partial charge >= 0.3 is 11.9 Å². The minimum Gasteiger partial charge on any atom is -0.465 e. The molecular weight excluding hydrogens is 412 g/mol. The van der Waals surface area contributed by atoms with Crippen LogP contribution in [-0.4, -0.2) is 51.3 Å². The van der Waals surface area contributed by atoms with Crippen molar-refractivity contribution in [2.75, 3.05) is 20.8 Å². The van der Waals surface area contributed by atoms with Gasteiger partial charge in [-0.15, -0.1) is 0 Å². The fourth-order valence-corrected chi connectivity index (χ4v) is 4.18. The second-order valence-corrected chi connectivity index (χ2v) is 8.21. The predicted octanol–water partition coefficient (Wildman–Crippen LogP) is 1.33. The number of carbonyl (C=O) groups excluding carboxylic acids is 3. The first-order valence-corrected chi connectivity index (χ1v) is 10.3. The molecule has 0 atom stereocenters. The molecule has 0 heterocycles. The summed E-state index contributed by atoms with van der Waals surface area (Å²) in [7, 11) is -1.94. The van der Waals surface area contributed by atoms with Gasteiger partial charge in [-0.25, -0.2) is 18.0 Å². The molecule has 0 saturated carbocycles. The summed E-state index contributed by atoms with van der Waals surface area (Å²) in [5.74, 6) is -2.30. The summed E-state index contributed by atoms with van der Waals surface area (Å²) in [5.41, 5.74) is 5.62. The second-order valence-electron chi connectivity index (χ2n) is 6.27. The highest BCUT2D eigenvalue weighted by Crippen LogP contribution is 2.23. The Bertz CT molecular complexity index is 1000. The molecule has 2 aromatic rings. The first-order chi connectivity index (χ1) is 14.2. The van der Waals surface area contributed by atoms with Crippen LogP contribution >= 0.6 is 0 Å². The third-order valence-electron chi connectivity index (χ3n) is 4.20. The Morgan fingerprint density at radius 3 is 1.93 bits per heavy atom. The van der Waals surface area contributed by atoms with Crippen LogP contribution in [0.2, 0.25) is 0 Å². The van der Waals surface area contributed by atoms with E-state index in [9.17, 15) is 22.8 Å². The summed E-state index contributed by atoms with van der Waals surface area (Å²) in [6.07, 6.45) is -0.202. The molecule has 0 aliphatic heterocycles. The normalized spacial score (nSPS) is 11.2. The molecule has 2 N–H and O–H groups in total. The molecule has 2 rings (SSSR count). The lowest BCUT2D eigenvalue weighted by molar-refractivity contribution is -0.118. The smallest absolute Gasteiger partial charge is 0.337 e. The number of benzene rings is 2. The Hall–Kier alpha value is -3.24. The van der Waals surface area contributed by atoms with Gasteiger partial charge in [0.15, 0.2) is 0 Å². The predicted molar refractivity (Wildman–Crippen MR) is 107 cm³/mol. The van der Waals surface area contributed by atoms with Gasteiger partial charge in [0.05, 0.1) is 30.2 Å². The fourth-order valence-electron chi connectivity index (χ4n) is 2.67. The maximum atomic E-state index is 13.3. The molecule has 0 unspecified atom stereocenters. The van der Waals surface area contributed by atoms with Crippen LogP contribution in [0.25, 0.3) is 0 Å². The Morgan fingerprint density at radius 1 is 0.933 bits per heavy atom. The summed E-state index contributed by atoms with van der Waals surface area (Å²) < 4.78 is 37.0. The molecule has 10 heteroatoms. The van der Waals surface area contributed by atoms with Crippen molar-refractivity contribution in [2.24, 2.45) is 5.73 Å². The summed E-state index contributed by atoms with van der Waals surface area (Å²) in [4.78, 5) is 34.9. The van der Waals surface area contributed by atoms with E-state index in [1.165, 1.54) is 6.07 Å². The van der Waals surface area contributed by atoms with Crippen molar-refractivity contribution < 1.29 is 32.3 Å². The largest absolute Gasteiger partial charge is 0.465 e. The van der Waals surface area contributed by atoms with Crippen molar-refractivity contribution in [1.82, 2.24) is 4.31 Å². The van der Waals surface area contributed by atoms with Crippen molar-refractivity contribution in [3.8, 4) is 0 Å². The van der Waals surface area contributed by atoms with Gasteiger partial charge in [-0.3, -0.25) is 4.79 Å². The van der Waals surface area contributed by atoms with Gasteiger partial charge in [-0.05, 0) is 23.8 Å². The molecule has 0 saturated heterocycles. The third-order valence-corrected chi connectivity index (χ3v) is 6.02. The zero-order valence-electron chi connectivity index (χ0n) is 16.5. The van der Waals surface area contributed by atoms with Gasteiger partial charge in [-0.2, -0.15) is 4.31 Å². The lowest BCUT2D eigenvalue weighted by Crippen LogP contribution is -2.34. The minimum absolute atomic E-state index is 0.0353. The number of hydrogen-bond acceptors (Lipinski definition) is 7. The average Bonchev–Trinajstić information content (AvgIpc) is 2.75. The van der Waals surface area contributed by atoms with E-state index in [-0.39, 0.29) is 35.5 Å². The van der Waals surface area contributed by atoms with Crippen LogP contribution in [-0.2, 0) is 30.8 Å². The number of nitrogens with zero attached hydrogens (tertiary/aromatic N) is 1. The standard InChI is InChI=1S/C20H22N2O7S/c1-28-19(24)15-10-16(20(25)29-2)12-17(11-15)30(26,27)22(9-8-18(21)23)13-14-6-4-3-5-7-14/h3-7,10-12H,8-9,13H2,1-2H3,(H2,21,23). The zero-order valence-corrected chi connectivity index (χ0v) is 17.3. The average molecular weight is 434 g/mol. The van der Waals surface area contributed by atoms with Crippen molar-refractivity contribution in [2.45, 2.75) is 17.9 Å². The molecule has 0 bridgehead atoms. The lowest BCUT2D eigenvalue weighted by atomic mass is 10.1. The summed E-state index contributed by atoms with van der Waals surface area (Å²) in [5, 5.41) is 0. The van der Waals surface area contributed by atoms with Crippen LogP contribution in [0, 0.1) is 0 Å². The van der Waals surface area contributed by atoms with Gasteiger partial charge in [0.2, 0.25) is 15.9 Å². The fraction of sp³-hybridized carbons (Fsp3) is 0.250. The highest BCUT2D eigenvalue weighted by atomic mass is 32.2. The van der Waals surface area contributed by atoms with Crippen LogP contribution in [0.4, 0.5) is 0 Å². The van der Waals surface area contributed by atoms with Crippen molar-refractivity contribution >= 4 is 27.9 Å². The van der Waals surface area contributed by atoms with Crippen LogP contribution in [0.5, 0.6) is 0 Å². The summed E-state index contributed by atoms with van der Waals surface area (Å²) >= 11 is 0. The topological polar surface area (TPSA) is 133 Å². The van der Waals surface area contributed by atoms with Gasteiger partial charge in [-0.1, -0.05) is 30.3 Å².